The Morgan fingerprint density at radius 1 is 1.20 bits per heavy atom. The van der Waals surface area contributed by atoms with Gasteiger partial charge in [-0.25, -0.2) is 9.78 Å². The summed E-state index contributed by atoms with van der Waals surface area (Å²) in [6.45, 7) is 6.06. The van der Waals surface area contributed by atoms with Crippen molar-refractivity contribution in [2.45, 2.75) is 64.1 Å². The molecule has 0 unspecified atom stereocenters. The van der Waals surface area contributed by atoms with Crippen LogP contribution in [-0.2, 0) is 24.0 Å². The third-order valence-electron chi connectivity index (χ3n) is 5.97. The zero-order chi connectivity index (χ0) is 14.1. The fraction of sp³-hybridized carbons (Fsp3) is 0.933. The summed E-state index contributed by atoms with van der Waals surface area (Å²) in [5, 5.41) is 0. The van der Waals surface area contributed by atoms with Crippen LogP contribution in [0.4, 0.5) is 0 Å². The second-order valence-electron chi connectivity index (χ2n) is 7.14. The van der Waals surface area contributed by atoms with Crippen LogP contribution in [0.25, 0.3) is 0 Å². The molecule has 1 aliphatic carbocycles. The Morgan fingerprint density at radius 2 is 2.00 bits per heavy atom. The average Bonchev–Trinajstić information content (AvgIpc) is 2.63. The quantitative estimate of drug-likeness (QED) is 0.505. The summed E-state index contributed by atoms with van der Waals surface area (Å²) < 4.78 is 11.6. The van der Waals surface area contributed by atoms with Gasteiger partial charge in [0.15, 0.2) is 5.60 Å². The molecule has 0 aromatic heterocycles. The summed E-state index contributed by atoms with van der Waals surface area (Å²) in [5.41, 5.74) is -0.610. The molecule has 5 aliphatic rings. The van der Waals surface area contributed by atoms with Crippen molar-refractivity contribution in [1.29, 1.82) is 0 Å². The lowest BCUT2D eigenvalue weighted by molar-refractivity contribution is -0.559. The Kier molecular flexibility index (Phi) is 2.58. The Bertz CT molecular complexity index is 452. The molecule has 0 radical (unpaired) electrons. The van der Waals surface area contributed by atoms with Gasteiger partial charge < -0.3 is 9.47 Å². The molecule has 4 saturated heterocycles. The van der Waals surface area contributed by atoms with E-state index in [9.17, 15) is 4.79 Å². The van der Waals surface area contributed by atoms with E-state index in [-0.39, 0.29) is 17.8 Å². The lowest BCUT2D eigenvalue weighted by atomic mass is 9.59. The number of rotatable bonds is 0. The van der Waals surface area contributed by atoms with Gasteiger partial charge in [-0.3, -0.25) is 4.79 Å². The molecular weight excluding hydrogens is 262 g/mol. The highest BCUT2D eigenvalue weighted by molar-refractivity contribution is 5.74. The fourth-order valence-electron chi connectivity index (χ4n) is 4.76. The van der Waals surface area contributed by atoms with Crippen LogP contribution in [-0.4, -0.2) is 23.6 Å². The van der Waals surface area contributed by atoms with Gasteiger partial charge in [-0.2, -0.15) is 0 Å². The van der Waals surface area contributed by atoms with Gasteiger partial charge in [-0.15, -0.1) is 0 Å². The molecule has 5 heteroatoms. The van der Waals surface area contributed by atoms with Crippen molar-refractivity contribution < 1.29 is 24.0 Å². The lowest BCUT2D eigenvalue weighted by Gasteiger charge is -2.57. The van der Waals surface area contributed by atoms with Crippen molar-refractivity contribution in [3.8, 4) is 0 Å². The second-order valence-corrected chi connectivity index (χ2v) is 7.14. The van der Waals surface area contributed by atoms with Crippen LogP contribution in [0.2, 0.25) is 0 Å². The molecule has 0 amide bonds. The fourth-order valence-corrected chi connectivity index (χ4v) is 4.76. The van der Waals surface area contributed by atoms with Crippen molar-refractivity contribution in [1.82, 2.24) is 0 Å². The zero-order valence-corrected chi connectivity index (χ0v) is 12.3. The summed E-state index contributed by atoms with van der Waals surface area (Å²) >= 11 is 0. The van der Waals surface area contributed by atoms with Crippen molar-refractivity contribution in [2.75, 3.05) is 0 Å². The molecular formula is C15H22O5. The SMILES string of the molecule is C[C@@H]1CC[C@H]2[C@@H]([14CH3])C(=O)O[C@@H]3O[C@@]4(C)CC[C@@H]1[C@]32OO4. The first-order valence-corrected chi connectivity index (χ1v) is 7.71. The highest BCUT2D eigenvalue weighted by atomic mass is 17.3. The maximum Gasteiger partial charge on any atom is 0.311 e. The molecule has 20 heavy (non-hydrogen) atoms. The lowest BCUT2D eigenvalue weighted by Crippen LogP contribution is -2.69. The first kappa shape index (κ1) is 13.0. The van der Waals surface area contributed by atoms with E-state index in [1.165, 1.54) is 0 Å². The number of carbonyl (C=O) groups excluding carboxylic acids is 1. The van der Waals surface area contributed by atoms with E-state index in [0.717, 1.165) is 25.7 Å². The van der Waals surface area contributed by atoms with Gasteiger partial charge in [-0.05, 0) is 32.1 Å². The van der Waals surface area contributed by atoms with Crippen LogP contribution in [0, 0.1) is 23.7 Å². The topological polar surface area (TPSA) is 54.0 Å². The number of hydrogen-bond donors (Lipinski definition) is 0. The maximum atomic E-state index is 12.1. The summed E-state index contributed by atoms with van der Waals surface area (Å²) in [5.74, 6) is -0.137. The first-order valence-electron chi connectivity index (χ1n) is 7.71. The molecule has 5 rings (SSSR count). The molecule has 1 saturated carbocycles. The Labute approximate surface area is 118 Å². The molecule has 4 aliphatic heterocycles. The van der Waals surface area contributed by atoms with Gasteiger partial charge in [0, 0.05) is 18.3 Å². The van der Waals surface area contributed by atoms with Gasteiger partial charge >= 0.3 is 5.97 Å². The van der Waals surface area contributed by atoms with E-state index in [1.807, 2.05) is 13.8 Å². The van der Waals surface area contributed by atoms with Crippen LogP contribution in [0.3, 0.4) is 0 Å². The third kappa shape index (κ3) is 1.46. The number of esters is 1. The van der Waals surface area contributed by atoms with E-state index in [4.69, 9.17) is 19.2 Å². The van der Waals surface area contributed by atoms with E-state index in [2.05, 4.69) is 6.92 Å². The molecule has 1 spiro atoms. The van der Waals surface area contributed by atoms with Gasteiger partial charge in [0.1, 0.15) is 0 Å². The van der Waals surface area contributed by atoms with Gasteiger partial charge in [0.05, 0.1) is 5.92 Å². The van der Waals surface area contributed by atoms with Crippen LogP contribution in [0.5, 0.6) is 0 Å². The molecule has 2 bridgehead atoms. The predicted octanol–water partition coefficient (Wildman–Crippen LogP) is 2.39. The first-order chi connectivity index (χ1) is 9.46. The van der Waals surface area contributed by atoms with Crippen molar-refractivity contribution in [3.05, 3.63) is 0 Å². The zero-order valence-electron chi connectivity index (χ0n) is 12.3. The predicted molar refractivity (Wildman–Crippen MR) is 68.0 cm³/mol. The Balaban J connectivity index is 1.84. The number of carbonyl (C=O) groups is 1. The Hall–Kier alpha value is -0.650. The highest BCUT2D eigenvalue weighted by Crippen LogP contribution is 2.59. The molecule has 4 heterocycles. The second kappa shape index (κ2) is 3.96. The van der Waals surface area contributed by atoms with Crippen LogP contribution in [0.1, 0.15) is 46.5 Å². The highest BCUT2D eigenvalue weighted by Gasteiger charge is 2.69. The molecule has 5 nitrogen and oxygen atoms in total. The number of fused-ring (bicyclic) bond motifs is 2. The summed E-state index contributed by atoms with van der Waals surface area (Å²) in [6.07, 6.45) is 3.24. The smallest absolute Gasteiger partial charge is 0.311 e. The normalized spacial score (nSPS) is 57.8. The summed E-state index contributed by atoms with van der Waals surface area (Å²) in [6, 6.07) is 0. The minimum atomic E-state index is -0.793. The standard InChI is InChI=1S/C15H22O5/c1-8-4-5-11-9(2)12(16)17-13-15(11)10(8)6-7-14(3,18-13)19-20-15/h8-11,13H,4-7H2,1-3H3/t8-,9-,10+,11+,13-,14-,15-/m1/s1/i2+2. The molecule has 0 aromatic rings. The van der Waals surface area contributed by atoms with E-state index in [1.54, 1.807) is 0 Å². The van der Waals surface area contributed by atoms with E-state index in [0.29, 0.717) is 11.8 Å². The van der Waals surface area contributed by atoms with Gasteiger partial charge in [-0.1, -0.05) is 13.8 Å². The van der Waals surface area contributed by atoms with Crippen LogP contribution >= 0.6 is 0 Å². The van der Waals surface area contributed by atoms with Gasteiger partial charge in [0.2, 0.25) is 12.1 Å². The largest absolute Gasteiger partial charge is 0.432 e. The van der Waals surface area contributed by atoms with E-state index >= 15 is 0 Å². The summed E-state index contributed by atoms with van der Waals surface area (Å²) in [7, 11) is 0. The van der Waals surface area contributed by atoms with E-state index < -0.39 is 17.7 Å². The van der Waals surface area contributed by atoms with Crippen LogP contribution in [0.15, 0.2) is 0 Å². The minimum absolute atomic E-state index is 0.123. The molecule has 0 aromatic carbocycles. The van der Waals surface area contributed by atoms with Crippen molar-refractivity contribution in [3.63, 3.8) is 0 Å². The van der Waals surface area contributed by atoms with Crippen molar-refractivity contribution >= 4 is 5.97 Å². The minimum Gasteiger partial charge on any atom is -0.432 e. The number of hydrogen-bond acceptors (Lipinski definition) is 5. The van der Waals surface area contributed by atoms with Crippen molar-refractivity contribution in [2.24, 2.45) is 23.7 Å². The number of ether oxygens (including phenoxy) is 2. The monoisotopic (exact) mass is 284 g/mol. The Morgan fingerprint density at radius 3 is 2.80 bits per heavy atom. The third-order valence-corrected chi connectivity index (χ3v) is 5.97. The molecule has 7 atom stereocenters. The maximum absolute atomic E-state index is 12.1. The summed E-state index contributed by atoms with van der Waals surface area (Å²) in [4.78, 5) is 23.7. The van der Waals surface area contributed by atoms with Gasteiger partial charge in [0.25, 0.3) is 0 Å². The average molecular weight is 284 g/mol. The molecule has 5 fully saturated rings. The molecule has 0 N–H and O–H groups in total. The van der Waals surface area contributed by atoms with Crippen LogP contribution < -0.4 is 0 Å². The molecule has 112 valence electrons.